The van der Waals surface area contributed by atoms with Gasteiger partial charge in [-0.15, -0.1) is 0 Å². The molecule has 1 aromatic heterocycles. The van der Waals surface area contributed by atoms with Crippen molar-refractivity contribution < 1.29 is 14.3 Å². The largest absolute Gasteiger partial charge is 0.496 e. The monoisotopic (exact) mass is 418 g/mol. The van der Waals surface area contributed by atoms with Crippen LogP contribution >= 0.6 is 0 Å². The van der Waals surface area contributed by atoms with E-state index in [1.54, 1.807) is 19.5 Å². The Kier molecular flexibility index (Phi) is 6.64. The maximum Gasteiger partial charge on any atom is 0.322 e. The van der Waals surface area contributed by atoms with Gasteiger partial charge in [0.25, 0.3) is 0 Å². The number of pyridine rings is 1. The highest BCUT2D eigenvalue weighted by Gasteiger charge is 2.27. The van der Waals surface area contributed by atoms with Crippen LogP contribution in [0.25, 0.3) is 11.1 Å². The van der Waals surface area contributed by atoms with Crippen molar-refractivity contribution in [2.75, 3.05) is 38.7 Å². The Bertz CT molecular complexity index is 998. The van der Waals surface area contributed by atoms with Gasteiger partial charge in [-0.05, 0) is 29.8 Å². The van der Waals surface area contributed by atoms with Gasteiger partial charge in [-0.1, -0.05) is 30.3 Å². The highest BCUT2D eigenvalue weighted by molar-refractivity contribution is 5.90. The molecule has 0 radical (unpaired) electrons. The number of carbonyl (C=O) groups is 1. The van der Waals surface area contributed by atoms with Crippen LogP contribution in [0.5, 0.6) is 11.5 Å². The Morgan fingerprint density at radius 1 is 1.19 bits per heavy atom. The molecule has 0 aliphatic carbocycles. The molecule has 1 aliphatic rings. The second-order valence-electron chi connectivity index (χ2n) is 7.26. The van der Waals surface area contributed by atoms with Crippen molar-refractivity contribution in [1.82, 2.24) is 15.2 Å². The molecule has 7 nitrogen and oxygen atoms in total. The number of carbonyl (C=O) groups excluding carboxylic acids is 1. The Morgan fingerprint density at radius 2 is 2.06 bits per heavy atom. The Balaban J connectivity index is 1.44. The zero-order chi connectivity index (χ0) is 21.5. The van der Waals surface area contributed by atoms with Crippen molar-refractivity contribution in [1.29, 1.82) is 0 Å². The van der Waals surface area contributed by atoms with Crippen LogP contribution in [-0.4, -0.2) is 55.3 Å². The third-order valence-corrected chi connectivity index (χ3v) is 5.23. The first-order valence-electron chi connectivity index (χ1n) is 10.3. The number of rotatable bonds is 6. The number of hydrogen-bond donors (Lipinski definition) is 2. The summed E-state index contributed by atoms with van der Waals surface area (Å²) in [4.78, 5) is 18.9. The summed E-state index contributed by atoms with van der Waals surface area (Å²) in [6.45, 7) is 2.41. The number of benzene rings is 2. The standard InChI is InChI=1S/C24H26N4O3/c1-30-23-14-19(9-10-22(23)18-6-3-2-4-7-18)27-24(29)28-13-12-26-15-20(28)17-31-21-8-5-11-25-16-21/h2-11,14,16,20,26H,12-13,15,17H2,1H3,(H,27,29). The molecule has 4 rings (SSSR count). The number of amides is 2. The molecule has 0 saturated carbocycles. The molecule has 2 heterocycles. The summed E-state index contributed by atoms with van der Waals surface area (Å²) in [6.07, 6.45) is 3.37. The summed E-state index contributed by atoms with van der Waals surface area (Å²) >= 11 is 0. The van der Waals surface area contributed by atoms with Gasteiger partial charge in [-0.3, -0.25) is 4.98 Å². The summed E-state index contributed by atoms with van der Waals surface area (Å²) in [6, 6.07) is 19.2. The van der Waals surface area contributed by atoms with E-state index in [1.807, 2.05) is 65.6 Å². The van der Waals surface area contributed by atoms with E-state index in [0.29, 0.717) is 36.9 Å². The van der Waals surface area contributed by atoms with Gasteiger partial charge in [-0.2, -0.15) is 0 Å². The number of hydrogen-bond acceptors (Lipinski definition) is 5. The van der Waals surface area contributed by atoms with E-state index in [2.05, 4.69) is 15.6 Å². The molecule has 0 bridgehead atoms. The average Bonchev–Trinajstić information content (AvgIpc) is 2.84. The summed E-state index contributed by atoms with van der Waals surface area (Å²) < 4.78 is 11.4. The fourth-order valence-electron chi connectivity index (χ4n) is 3.62. The van der Waals surface area contributed by atoms with Crippen molar-refractivity contribution in [3.8, 4) is 22.6 Å². The predicted octanol–water partition coefficient (Wildman–Crippen LogP) is 3.64. The zero-order valence-corrected chi connectivity index (χ0v) is 17.5. The van der Waals surface area contributed by atoms with Crippen molar-refractivity contribution in [2.24, 2.45) is 0 Å². The zero-order valence-electron chi connectivity index (χ0n) is 17.5. The average molecular weight is 418 g/mol. The Hall–Kier alpha value is -3.58. The highest BCUT2D eigenvalue weighted by Crippen LogP contribution is 2.32. The lowest BCUT2D eigenvalue weighted by atomic mass is 10.0. The molecule has 1 saturated heterocycles. The number of nitrogens with zero attached hydrogens (tertiary/aromatic N) is 2. The normalized spacial score (nSPS) is 15.9. The number of aromatic nitrogens is 1. The van der Waals surface area contributed by atoms with E-state index in [9.17, 15) is 4.79 Å². The van der Waals surface area contributed by atoms with Gasteiger partial charge in [0.15, 0.2) is 0 Å². The van der Waals surface area contributed by atoms with E-state index in [-0.39, 0.29) is 12.1 Å². The molecule has 1 atom stereocenters. The molecular weight excluding hydrogens is 392 g/mol. The molecule has 1 unspecified atom stereocenters. The van der Waals surface area contributed by atoms with Crippen molar-refractivity contribution in [2.45, 2.75) is 6.04 Å². The third-order valence-electron chi connectivity index (χ3n) is 5.23. The number of piperazine rings is 1. The SMILES string of the molecule is COc1cc(NC(=O)N2CCNCC2COc2cccnc2)ccc1-c1ccccc1. The third kappa shape index (κ3) is 5.13. The molecule has 1 aliphatic heterocycles. The topological polar surface area (TPSA) is 75.7 Å². The van der Waals surface area contributed by atoms with Crippen LogP contribution in [0.15, 0.2) is 73.1 Å². The first-order valence-corrected chi connectivity index (χ1v) is 10.3. The van der Waals surface area contributed by atoms with Crippen LogP contribution in [0, 0.1) is 0 Å². The quantitative estimate of drug-likeness (QED) is 0.639. The molecule has 160 valence electrons. The minimum Gasteiger partial charge on any atom is -0.496 e. The van der Waals surface area contributed by atoms with Gasteiger partial charge in [0.1, 0.15) is 18.1 Å². The van der Waals surface area contributed by atoms with Gasteiger partial charge < -0.3 is 25.0 Å². The van der Waals surface area contributed by atoms with Gasteiger partial charge >= 0.3 is 6.03 Å². The maximum atomic E-state index is 13.0. The van der Waals surface area contributed by atoms with E-state index in [4.69, 9.17) is 9.47 Å². The van der Waals surface area contributed by atoms with Crippen molar-refractivity contribution >= 4 is 11.7 Å². The lowest BCUT2D eigenvalue weighted by Crippen LogP contribution is -2.57. The first-order chi connectivity index (χ1) is 15.2. The van der Waals surface area contributed by atoms with Gasteiger partial charge in [-0.25, -0.2) is 4.79 Å². The van der Waals surface area contributed by atoms with E-state index >= 15 is 0 Å². The molecule has 2 N–H and O–H groups in total. The molecule has 1 fully saturated rings. The number of nitrogens with one attached hydrogen (secondary N) is 2. The molecule has 2 amide bonds. The van der Waals surface area contributed by atoms with Gasteiger partial charge in [0.2, 0.25) is 0 Å². The van der Waals surface area contributed by atoms with Crippen LogP contribution in [0.1, 0.15) is 0 Å². The molecule has 0 spiro atoms. The second kappa shape index (κ2) is 9.95. The number of urea groups is 1. The Labute approximate surface area is 182 Å². The molecule has 7 heteroatoms. The minimum atomic E-state index is -0.157. The van der Waals surface area contributed by atoms with Crippen LogP contribution in [-0.2, 0) is 0 Å². The fraction of sp³-hybridized carbons (Fsp3) is 0.250. The minimum absolute atomic E-state index is 0.0838. The van der Waals surface area contributed by atoms with Gasteiger partial charge in [0.05, 0.1) is 19.3 Å². The number of methoxy groups -OCH3 is 1. The van der Waals surface area contributed by atoms with E-state index in [0.717, 1.165) is 17.7 Å². The van der Waals surface area contributed by atoms with E-state index in [1.165, 1.54) is 0 Å². The number of anilines is 1. The van der Waals surface area contributed by atoms with Crippen LogP contribution < -0.4 is 20.1 Å². The van der Waals surface area contributed by atoms with Crippen LogP contribution in [0.3, 0.4) is 0 Å². The van der Waals surface area contributed by atoms with Crippen LogP contribution in [0.2, 0.25) is 0 Å². The van der Waals surface area contributed by atoms with E-state index < -0.39 is 0 Å². The predicted molar refractivity (Wildman–Crippen MR) is 121 cm³/mol. The van der Waals surface area contributed by atoms with Crippen LogP contribution in [0.4, 0.5) is 10.5 Å². The smallest absolute Gasteiger partial charge is 0.322 e. The Morgan fingerprint density at radius 3 is 2.84 bits per heavy atom. The lowest BCUT2D eigenvalue weighted by Gasteiger charge is -2.36. The summed E-state index contributed by atoms with van der Waals surface area (Å²) in [5, 5.41) is 6.33. The summed E-state index contributed by atoms with van der Waals surface area (Å²) in [5.41, 5.74) is 2.73. The van der Waals surface area contributed by atoms with Gasteiger partial charge in [0, 0.05) is 43.1 Å². The number of ether oxygens (including phenoxy) is 2. The summed E-state index contributed by atoms with van der Waals surface area (Å²) in [5.74, 6) is 1.40. The molecule has 31 heavy (non-hydrogen) atoms. The lowest BCUT2D eigenvalue weighted by molar-refractivity contribution is 0.133. The van der Waals surface area contributed by atoms with Crippen molar-refractivity contribution in [3.63, 3.8) is 0 Å². The molecule has 2 aromatic carbocycles. The first kappa shape index (κ1) is 20.7. The molecule has 3 aromatic rings. The summed E-state index contributed by atoms with van der Waals surface area (Å²) in [7, 11) is 1.63. The molecular formula is C24H26N4O3. The maximum absolute atomic E-state index is 13.0. The second-order valence-corrected chi connectivity index (χ2v) is 7.26. The van der Waals surface area contributed by atoms with Crippen molar-refractivity contribution in [3.05, 3.63) is 73.1 Å². The fourth-order valence-corrected chi connectivity index (χ4v) is 3.62. The highest BCUT2D eigenvalue weighted by atomic mass is 16.5.